The fourth-order valence-corrected chi connectivity index (χ4v) is 3.59. The van der Waals surface area contributed by atoms with Crippen LogP contribution in [0.25, 0.3) is 0 Å². The number of halogens is 1. The number of alkyl halides is 1. The highest BCUT2D eigenvalue weighted by Gasteiger charge is 2.32. The molecule has 0 fully saturated rings. The van der Waals surface area contributed by atoms with E-state index >= 15 is 0 Å². The van der Waals surface area contributed by atoms with E-state index in [4.69, 9.17) is 16.3 Å². The Bertz CT molecular complexity index is 640. The number of carbonyl (C=O) groups excluding carboxylic acids is 1. The van der Waals surface area contributed by atoms with Gasteiger partial charge in [-0.3, -0.25) is 4.79 Å². The third-order valence-corrected chi connectivity index (χ3v) is 4.80. The van der Waals surface area contributed by atoms with E-state index in [0.29, 0.717) is 10.6 Å². The Hall–Kier alpha value is -1.52. The van der Waals surface area contributed by atoms with Crippen molar-refractivity contribution in [3.63, 3.8) is 0 Å². The Morgan fingerprint density at radius 3 is 3.00 bits per heavy atom. The Morgan fingerprint density at radius 1 is 1.45 bits per heavy atom. The zero-order valence-electron chi connectivity index (χ0n) is 10.9. The molecule has 1 amide bonds. The lowest BCUT2D eigenvalue weighted by Crippen LogP contribution is -2.31. The van der Waals surface area contributed by atoms with Gasteiger partial charge >= 0.3 is 0 Å². The number of thiophene rings is 1. The van der Waals surface area contributed by atoms with E-state index in [1.54, 1.807) is 13.2 Å². The zero-order chi connectivity index (χ0) is 14.1. The van der Waals surface area contributed by atoms with E-state index in [2.05, 4.69) is 11.4 Å². The minimum absolute atomic E-state index is 0.0989. The van der Waals surface area contributed by atoms with Crippen LogP contribution in [0.15, 0.2) is 35.7 Å². The van der Waals surface area contributed by atoms with Gasteiger partial charge in [0, 0.05) is 11.4 Å². The molecule has 3 nitrogen and oxygen atoms in total. The predicted octanol–water partition coefficient (Wildman–Crippen LogP) is 3.39. The van der Waals surface area contributed by atoms with Crippen molar-refractivity contribution >= 4 is 28.8 Å². The van der Waals surface area contributed by atoms with Crippen LogP contribution in [0.4, 0.5) is 0 Å². The number of rotatable bonds is 3. The molecule has 1 N–H and O–H groups in total. The van der Waals surface area contributed by atoms with E-state index in [-0.39, 0.29) is 17.3 Å². The smallest absolute Gasteiger partial charge is 0.262 e. The summed E-state index contributed by atoms with van der Waals surface area (Å²) in [6, 6.07) is 9.67. The van der Waals surface area contributed by atoms with Crippen molar-refractivity contribution in [2.24, 2.45) is 0 Å². The third-order valence-electron chi connectivity index (χ3n) is 3.49. The van der Waals surface area contributed by atoms with Crippen LogP contribution in [0.5, 0.6) is 5.75 Å². The summed E-state index contributed by atoms with van der Waals surface area (Å²) in [6.07, 6.45) is 0.788. The van der Waals surface area contributed by atoms with Crippen molar-refractivity contribution in [2.75, 3.05) is 7.11 Å². The first-order valence-corrected chi connectivity index (χ1v) is 7.66. The maximum absolute atomic E-state index is 12.3. The Balaban J connectivity index is 1.79. The number of ether oxygens (including phenoxy) is 1. The number of hydrogen-bond donors (Lipinski definition) is 1. The van der Waals surface area contributed by atoms with Gasteiger partial charge in [0.1, 0.15) is 5.75 Å². The molecule has 3 rings (SSSR count). The number of carbonyl (C=O) groups is 1. The standard InChI is InChI=1S/C15H14ClNO2S/c1-19-10-7-13(20-8-10)15(18)17-14-11-5-3-2-4-9(11)6-12(14)16/h2-5,7-8,12,14H,6H2,1H3,(H,17,18). The van der Waals surface area contributed by atoms with Crippen molar-refractivity contribution in [2.45, 2.75) is 17.8 Å². The molecule has 0 bridgehead atoms. The minimum Gasteiger partial charge on any atom is -0.496 e. The zero-order valence-corrected chi connectivity index (χ0v) is 12.5. The van der Waals surface area contributed by atoms with E-state index in [0.717, 1.165) is 12.0 Å². The third kappa shape index (κ3) is 2.41. The van der Waals surface area contributed by atoms with Gasteiger partial charge in [0.15, 0.2) is 0 Å². The number of fused-ring (bicyclic) bond motifs is 1. The maximum Gasteiger partial charge on any atom is 0.262 e. The Kier molecular flexibility index (Phi) is 3.68. The van der Waals surface area contributed by atoms with Gasteiger partial charge in [-0.15, -0.1) is 22.9 Å². The van der Waals surface area contributed by atoms with Gasteiger partial charge in [0.2, 0.25) is 0 Å². The van der Waals surface area contributed by atoms with Crippen molar-refractivity contribution < 1.29 is 9.53 Å². The molecule has 0 saturated carbocycles. The van der Waals surface area contributed by atoms with Gasteiger partial charge in [-0.25, -0.2) is 0 Å². The highest BCUT2D eigenvalue weighted by atomic mass is 35.5. The second-order valence-corrected chi connectivity index (χ2v) is 6.19. The second-order valence-electron chi connectivity index (χ2n) is 4.72. The van der Waals surface area contributed by atoms with Crippen molar-refractivity contribution in [1.29, 1.82) is 0 Å². The summed E-state index contributed by atoms with van der Waals surface area (Å²) in [4.78, 5) is 12.9. The van der Waals surface area contributed by atoms with Crippen molar-refractivity contribution in [1.82, 2.24) is 5.32 Å². The summed E-state index contributed by atoms with van der Waals surface area (Å²) >= 11 is 7.74. The van der Waals surface area contributed by atoms with Crippen LogP contribution in [0.3, 0.4) is 0 Å². The van der Waals surface area contributed by atoms with E-state index < -0.39 is 0 Å². The predicted molar refractivity (Wildman–Crippen MR) is 80.9 cm³/mol. The molecule has 2 unspecified atom stereocenters. The summed E-state index contributed by atoms with van der Waals surface area (Å²) in [5.41, 5.74) is 2.32. The van der Waals surface area contributed by atoms with Gasteiger partial charge < -0.3 is 10.1 Å². The van der Waals surface area contributed by atoms with Crippen molar-refractivity contribution in [3.05, 3.63) is 51.7 Å². The second kappa shape index (κ2) is 5.46. The normalized spacial score (nSPS) is 20.5. The first kappa shape index (κ1) is 13.5. The average molecular weight is 308 g/mol. The molecule has 1 heterocycles. The molecule has 104 valence electrons. The quantitative estimate of drug-likeness (QED) is 0.883. The molecule has 1 aliphatic rings. The van der Waals surface area contributed by atoms with Gasteiger partial charge in [-0.1, -0.05) is 24.3 Å². The van der Waals surface area contributed by atoms with E-state index in [9.17, 15) is 4.79 Å². The lowest BCUT2D eigenvalue weighted by Gasteiger charge is -2.16. The van der Waals surface area contributed by atoms with Crippen LogP contribution in [0, 0.1) is 0 Å². The lowest BCUT2D eigenvalue weighted by atomic mass is 10.1. The Morgan fingerprint density at radius 2 is 2.25 bits per heavy atom. The number of nitrogens with one attached hydrogen (secondary N) is 1. The van der Waals surface area contributed by atoms with Crippen LogP contribution < -0.4 is 10.1 Å². The van der Waals surface area contributed by atoms with E-state index in [1.165, 1.54) is 16.9 Å². The molecule has 2 atom stereocenters. The number of benzene rings is 1. The molecule has 2 aromatic rings. The molecule has 0 aliphatic heterocycles. The number of methoxy groups -OCH3 is 1. The van der Waals surface area contributed by atoms with E-state index in [1.807, 2.05) is 23.6 Å². The first-order valence-electron chi connectivity index (χ1n) is 6.34. The summed E-state index contributed by atoms with van der Waals surface area (Å²) in [5.74, 6) is 0.597. The summed E-state index contributed by atoms with van der Waals surface area (Å²) in [5, 5.41) is 4.74. The Labute approximate surface area is 126 Å². The first-order chi connectivity index (χ1) is 9.69. The van der Waals surface area contributed by atoms with Crippen LogP contribution in [0.1, 0.15) is 26.8 Å². The highest BCUT2D eigenvalue weighted by Crippen LogP contribution is 2.35. The monoisotopic (exact) mass is 307 g/mol. The molecular formula is C15H14ClNO2S. The fraction of sp³-hybridized carbons (Fsp3) is 0.267. The molecule has 1 aromatic heterocycles. The molecule has 5 heteroatoms. The SMILES string of the molecule is COc1csc(C(=O)NC2c3ccccc3CC2Cl)c1. The average Bonchev–Trinajstić information content (AvgIpc) is 3.04. The van der Waals surface area contributed by atoms with Crippen LogP contribution in [-0.2, 0) is 6.42 Å². The van der Waals surface area contributed by atoms with Crippen LogP contribution >= 0.6 is 22.9 Å². The summed E-state index contributed by atoms with van der Waals surface area (Å²) < 4.78 is 5.10. The fourth-order valence-electron chi connectivity index (χ4n) is 2.47. The van der Waals surface area contributed by atoms with Gasteiger partial charge in [0.05, 0.1) is 23.4 Å². The summed E-state index contributed by atoms with van der Waals surface area (Å²) in [6.45, 7) is 0. The summed E-state index contributed by atoms with van der Waals surface area (Å²) in [7, 11) is 1.59. The topological polar surface area (TPSA) is 38.3 Å². The molecule has 20 heavy (non-hydrogen) atoms. The molecule has 0 spiro atoms. The van der Waals surface area contributed by atoms with Crippen LogP contribution in [0.2, 0.25) is 0 Å². The highest BCUT2D eigenvalue weighted by molar-refractivity contribution is 7.12. The van der Waals surface area contributed by atoms with Crippen LogP contribution in [-0.4, -0.2) is 18.4 Å². The molecule has 0 saturated heterocycles. The lowest BCUT2D eigenvalue weighted by molar-refractivity contribution is 0.0941. The van der Waals surface area contributed by atoms with Crippen molar-refractivity contribution in [3.8, 4) is 5.75 Å². The minimum atomic E-state index is -0.131. The molecular weight excluding hydrogens is 294 g/mol. The molecule has 1 aromatic carbocycles. The van der Waals surface area contributed by atoms with Gasteiger partial charge in [-0.2, -0.15) is 0 Å². The van der Waals surface area contributed by atoms with Gasteiger partial charge in [0.25, 0.3) is 5.91 Å². The maximum atomic E-state index is 12.3. The number of hydrogen-bond acceptors (Lipinski definition) is 3. The largest absolute Gasteiger partial charge is 0.496 e. The number of amides is 1. The van der Waals surface area contributed by atoms with Gasteiger partial charge in [-0.05, 0) is 17.5 Å². The molecule has 1 aliphatic carbocycles. The molecule has 0 radical (unpaired) electrons.